The molecule has 2 N–H and O–H groups in total. The molecule has 0 aliphatic heterocycles. The molecule has 4 aromatic rings. The molecule has 32 heavy (non-hydrogen) atoms. The lowest BCUT2D eigenvalue weighted by molar-refractivity contribution is -0.119. The molecule has 1 heterocycles. The van der Waals surface area contributed by atoms with Gasteiger partial charge in [-0.25, -0.2) is 5.43 Å². The highest BCUT2D eigenvalue weighted by Gasteiger charge is 2.09. The summed E-state index contributed by atoms with van der Waals surface area (Å²) in [7, 11) is 0. The fourth-order valence-corrected chi connectivity index (χ4v) is 3.78. The second-order valence-corrected chi connectivity index (χ2v) is 8.40. The van der Waals surface area contributed by atoms with Crippen LogP contribution in [-0.4, -0.2) is 23.2 Å². The summed E-state index contributed by atoms with van der Waals surface area (Å²) in [5.41, 5.74) is 6.99. The lowest BCUT2D eigenvalue weighted by Crippen LogP contribution is -2.25. The van der Waals surface area contributed by atoms with Crippen molar-refractivity contribution in [2.75, 3.05) is 11.9 Å². The van der Waals surface area contributed by atoms with Gasteiger partial charge in [0.2, 0.25) is 0 Å². The average molecular weight is 533 g/mol. The molecule has 4 rings (SSSR count). The smallest absolute Gasteiger partial charge is 0.259 e. The van der Waals surface area contributed by atoms with Crippen molar-refractivity contribution in [2.45, 2.75) is 6.54 Å². The topological polar surface area (TPSA) is 82.2 Å². The third kappa shape index (κ3) is 5.15. The van der Waals surface area contributed by atoms with E-state index in [0.29, 0.717) is 12.1 Å². The van der Waals surface area contributed by atoms with Gasteiger partial charge in [-0.1, -0.05) is 36.4 Å². The van der Waals surface area contributed by atoms with Crippen molar-refractivity contribution in [3.05, 3.63) is 99.3 Å². The number of fused-ring (bicyclic) bond motifs is 1. The van der Waals surface area contributed by atoms with Crippen LogP contribution in [-0.2, 0) is 11.3 Å². The molecule has 0 saturated heterocycles. The van der Waals surface area contributed by atoms with Crippen molar-refractivity contribution >= 4 is 51.3 Å². The molecule has 0 spiro atoms. The van der Waals surface area contributed by atoms with E-state index in [4.69, 9.17) is 0 Å². The van der Waals surface area contributed by atoms with Crippen LogP contribution in [0.3, 0.4) is 0 Å². The van der Waals surface area contributed by atoms with Gasteiger partial charge in [0.25, 0.3) is 5.91 Å². The number of halogens is 1. The number of hydrazone groups is 1. The Morgan fingerprint density at radius 1 is 1.06 bits per heavy atom. The Labute approximate surface area is 199 Å². The number of aromatic nitrogens is 1. The van der Waals surface area contributed by atoms with E-state index in [2.05, 4.69) is 49.1 Å². The van der Waals surface area contributed by atoms with Gasteiger partial charge in [0.05, 0.1) is 24.4 Å². The quantitative estimate of drug-likeness (QED) is 0.205. The van der Waals surface area contributed by atoms with Crippen LogP contribution in [0.2, 0.25) is 0 Å². The number of benzene rings is 3. The average Bonchev–Trinajstić information content (AvgIpc) is 3.16. The summed E-state index contributed by atoms with van der Waals surface area (Å²) in [6, 6.07) is 25.6. The first-order valence-electron chi connectivity index (χ1n) is 10.0. The van der Waals surface area contributed by atoms with E-state index in [9.17, 15) is 10.1 Å². The number of hydrogen-bond acceptors (Lipinski definition) is 4. The predicted octanol–water partition coefficient (Wildman–Crippen LogP) is 4.73. The van der Waals surface area contributed by atoms with Crippen LogP contribution < -0.4 is 10.7 Å². The zero-order valence-electron chi connectivity index (χ0n) is 17.1. The summed E-state index contributed by atoms with van der Waals surface area (Å²) in [6.45, 7) is 0.703. The van der Waals surface area contributed by atoms with Crippen molar-refractivity contribution in [1.29, 1.82) is 5.26 Å². The summed E-state index contributed by atoms with van der Waals surface area (Å²) >= 11 is 2.24. The second kappa shape index (κ2) is 10.1. The van der Waals surface area contributed by atoms with Gasteiger partial charge in [0, 0.05) is 38.5 Å². The Morgan fingerprint density at radius 2 is 1.81 bits per heavy atom. The van der Waals surface area contributed by atoms with E-state index in [1.165, 1.54) is 0 Å². The summed E-state index contributed by atoms with van der Waals surface area (Å²) in [5, 5.41) is 17.6. The first kappa shape index (κ1) is 21.6. The van der Waals surface area contributed by atoms with Gasteiger partial charge in [-0.2, -0.15) is 10.4 Å². The molecular weight excluding hydrogens is 513 g/mol. The molecule has 0 radical (unpaired) electrons. The van der Waals surface area contributed by atoms with Crippen LogP contribution in [0.4, 0.5) is 5.69 Å². The van der Waals surface area contributed by atoms with Crippen molar-refractivity contribution in [1.82, 2.24) is 9.99 Å². The number of para-hydroxylation sites is 1. The van der Waals surface area contributed by atoms with Gasteiger partial charge in [0.15, 0.2) is 0 Å². The number of carbonyl (C=O) groups is 1. The van der Waals surface area contributed by atoms with E-state index in [1.807, 2.05) is 79.0 Å². The summed E-state index contributed by atoms with van der Waals surface area (Å²) in [6.07, 6.45) is 3.64. The van der Waals surface area contributed by atoms with Gasteiger partial charge in [-0.3, -0.25) is 4.79 Å². The minimum absolute atomic E-state index is 0.130. The van der Waals surface area contributed by atoms with E-state index in [1.54, 1.807) is 6.21 Å². The molecule has 158 valence electrons. The molecule has 6 nitrogen and oxygen atoms in total. The highest BCUT2D eigenvalue weighted by atomic mass is 127. The molecule has 0 aliphatic rings. The van der Waals surface area contributed by atoms with E-state index in [0.717, 1.165) is 31.3 Å². The number of nitrogens with zero attached hydrogens (tertiary/aromatic N) is 3. The first-order chi connectivity index (χ1) is 15.6. The largest absolute Gasteiger partial charge is 0.376 e. The van der Waals surface area contributed by atoms with Gasteiger partial charge in [-0.05, 0) is 64.6 Å². The van der Waals surface area contributed by atoms with Gasteiger partial charge < -0.3 is 9.88 Å². The third-order valence-electron chi connectivity index (χ3n) is 4.99. The van der Waals surface area contributed by atoms with E-state index in [-0.39, 0.29) is 12.5 Å². The molecule has 3 aromatic carbocycles. The Morgan fingerprint density at radius 3 is 2.62 bits per heavy atom. The number of amides is 1. The number of rotatable bonds is 7. The van der Waals surface area contributed by atoms with Gasteiger partial charge >= 0.3 is 0 Å². The monoisotopic (exact) mass is 533 g/mol. The SMILES string of the molecule is N#Cc1ccccc1Cn1cc(/C=N\NC(=O)CNc2ccc(I)cc2)c2ccccc21. The van der Waals surface area contributed by atoms with Crippen LogP contribution in [0.25, 0.3) is 10.9 Å². The Kier molecular flexibility index (Phi) is 6.82. The third-order valence-corrected chi connectivity index (χ3v) is 5.71. The Bertz CT molecular complexity index is 1320. The first-order valence-corrected chi connectivity index (χ1v) is 11.1. The molecule has 1 amide bonds. The molecule has 0 atom stereocenters. The van der Waals surface area contributed by atoms with Crippen molar-refractivity contribution in [3.8, 4) is 6.07 Å². The lowest BCUT2D eigenvalue weighted by Gasteiger charge is -2.07. The molecule has 0 unspecified atom stereocenters. The maximum atomic E-state index is 12.1. The highest BCUT2D eigenvalue weighted by molar-refractivity contribution is 14.1. The minimum atomic E-state index is -0.230. The van der Waals surface area contributed by atoms with Crippen LogP contribution in [0.15, 0.2) is 84.1 Å². The molecular formula is C25H20IN5O. The summed E-state index contributed by atoms with van der Waals surface area (Å²) < 4.78 is 3.23. The predicted molar refractivity (Wildman–Crippen MR) is 136 cm³/mol. The maximum Gasteiger partial charge on any atom is 0.259 e. The highest BCUT2D eigenvalue weighted by Crippen LogP contribution is 2.22. The normalized spacial score (nSPS) is 10.9. The van der Waals surface area contributed by atoms with Crippen LogP contribution >= 0.6 is 22.6 Å². The summed E-state index contributed by atoms with van der Waals surface area (Å²) in [4.78, 5) is 12.1. The molecule has 0 aliphatic carbocycles. The standard InChI is InChI=1S/C25H20IN5O/c26-21-9-11-22(12-10-21)28-15-25(32)30-29-14-20-17-31(24-8-4-3-7-23(20)24)16-19-6-2-1-5-18(19)13-27/h1-12,14,17,28H,15-16H2,(H,30,32)/b29-14-. The fraction of sp³-hybridized carbons (Fsp3) is 0.0800. The number of hydrogen-bond donors (Lipinski definition) is 2. The fourth-order valence-electron chi connectivity index (χ4n) is 3.42. The van der Waals surface area contributed by atoms with Crippen molar-refractivity contribution < 1.29 is 4.79 Å². The molecule has 1 aromatic heterocycles. The van der Waals surface area contributed by atoms with E-state index >= 15 is 0 Å². The summed E-state index contributed by atoms with van der Waals surface area (Å²) in [5.74, 6) is -0.230. The van der Waals surface area contributed by atoms with Crippen LogP contribution in [0.1, 0.15) is 16.7 Å². The van der Waals surface area contributed by atoms with Gasteiger partial charge in [0.1, 0.15) is 0 Å². The number of nitrogens with one attached hydrogen (secondary N) is 2. The zero-order chi connectivity index (χ0) is 22.3. The van der Waals surface area contributed by atoms with Gasteiger partial charge in [-0.15, -0.1) is 0 Å². The van der Waals surface area contributed by atoms with Crippen LogP contribution in [0.5, 0.6) is 0 Å². The maximum absolute atomic E-state index is 12.1. The Hall–Kier alpha value is -3.64. The number of anilines is 1. The zero-order valence-corrected chi connectivity index (χ0v) is 19.3. The Balaban J connectivity index is 1.46. The van der Waals surface area contributed by atoms with Crippen molar-refractivity contribution in [3.63, 3.8) is 0 Å². The second-order valence-electron chi connectivity index (χ2n) is 7.15. The molecule has 0 saturated carbocycles. The number of nitriles is 1. The van der Waals surface area contributed by atoms with E-state index < -0.39 is 0 Å². The lowest BCUT2D eigenvalue weighted by atomic mass is 10.1. The minimum Gasteiger partial charge on any atom is -0.376 e. The van der Waals surface area contributed by atoms with Crippen LogP contribution in [0, 0.1) is 14.9 Å². The number of carbonyl (C=O) groups excluding carboxylic acids is 1. The molecule has 7 heteroatoms. The molecule has 0 bridgehead atoms. The molecule has 0 fully saturated rings. The van der Waals surface area contributed by atoms with Crippen molar-refractivity contribution in [2.24, 2.45) is 5.10 Å².